The molecule has 32 nitrogen and oxygen atoms in total. The fourth-order valence-corrected chi connectivity index (χ4v) is 12.1. The van der Waals surface area contributed by atoms with Gasteiger partial charge in [-0.15, -0.1) is 100 Å². The van der Waals surface area contributed by atoms with Crippen LogP contribution in [0.4, 0.5) is 52.7 Å². The Morgan fingerprint density at radius 1 is 0.264 bits per heavy atom. The summed E-state index contributed by atoms with van der Waals surface area (Å²) in [6.45, 7) is 13.0. The van der Waals surface area contributed by atoms with Crippen LogP contribution in [0.25, 0.3) is 137 Å². The van der Waals surface area contributed by atoms with E-state index in [-0.39, 0.29) is 173 Å². The molecule has 0 bridgehead atoms. The Morgan fingerprint density at radius 2 is 0.534 bits per heavy atom. The van der Waals surface area contributed by atoms with E-state index in [0.717, 1.165) is 45.6 Å². The number of hydrogen-bond acceptors (Lipinski definition) is 32. The van der Waals surface area contributed by atoms with Crippen LogP contribution in [0.5, 0.6) is 23.0 Å². The second-order valence-corrected chi connectivity index (χ2v) is 29.9. The second-order valence-electron chi connectivity index (χ2n) is 29.9. The number of pyridine rings is 8. The minimum absolute atomic E-state index is 0. The van der Waals surface area contributed by atoms with Crippen molar-refractivity contribution < 1.29 is 171 Å². The van der Waals surface area contributed by atoms with Crippen molar-refractivity contribution in [1.82, 2.24) is 121 Å². The molecule has 48 heteroatoms. The molecule has 4 radical (unpaired) electrons. The van der Waals surface area contributed by atoms with Gasteiger partial charge in [0.1, 0.15) is 23.0 Å². The van der Waals surface area contributed by atoms with Crippen molar-refractivity contribution >= 4 is 0 Å². The summed E-state index contributed by atoms with van der Waals surface area (Å²) in [6.07, 6.45) is 2.98. The van der Waals surface area contributed by atoms with Gasteiger partial charge in [0.05, 0.1) is 78.9 Å². The molecule has 764 valence electrons. The summed E-state index contributed by atoms with van der Waals surface area (Å²) >= 11 is 0. The van der Waals surface area contributed by atoms with E-state index < -0.39 is 47.5 Å². The van der Waals surface area contributed by atoms with Gasteiger partial charge in [-0.2, -0.15) is 52.7 Å². The van der Waals surface area contributed by atoms with Gasteiger partial charge in [-0.3, -0.25) is 59.8 Å². The zero-order valence-corrected chi connectivity index (χ0v) is 87.0. The largest absolute Gasteiger partial charge is 0.507 e. The van der Waals surface area contributed by atoms with Gasteiger partial charge in [-0.25, -0.2) is 0 Å². The minimum Gasteiger partial charge on any atom is -0.507 e. The first-order chi connectivity index (χ1) is 68.8. The maximum Gasteiger partial charge on any atom is 0.421 e. The van der Waals surface area contributed by atoms with Crippen LogP contribution in [0.15, 0.2) is 286 Å². The van der Waals surface area contributed by atoms with Crippen molar-refractivity contribution in [2.75, 3.05) is 0 Å². The number of phenols is 4. The fraction of sp³-hybridized carbons (Fsp3) is 0.120. The van der Waals surface area contributed by atoms with Crippen molar-refractivity contribution in [2.45, 2.75) is 80.1 Å². The van der Waals surface area contributed by atoms with Gasteiger partial charge >= 0.3 is 24.7 Å². The second kappa shape index (κ2) is 53.1. The molecule has 0 saturated carbocycles. The Morgan fingerprint density at radius 3 is 0.791 bits per heavy atom. The fourth-order valence-electron chi connectivity index (χ4n) is 12.1. The van der Waals surface area contributed by atoms with E-state index in [2.05, 4.69) is 145 Å². The maximum absolute atomic E-state index is 12.6. The topological polar surface area (TPSA) is 443 Å². The van der Waals surface area contributed by atoms with Gasteiger partial charge in [0.2, 0.25) is 23.6 Å². The van der Waals surface area contributed by atoms with Crippen LogP contribution in [0.1, 0.15) is 68.2 Å². The van der Waals surface area contributed by atoms with E-state index in [1.807, 2.05) is 31.2 Å². The SMILES string of the molecule is Cc1cc(-c2nccc(C)n2)[c-]c(C(F)(F)F)n1.Cc1cc(-c2nccc(C)n2)[c-]c(C(F)(F)F)n1.Cc1ccnc(-c2[c-]cc(C(F)(F)F)nc2C)n1.Cc1cnc(-c2[c-]cc(C(F)(F)F)nc2C)nc1.Oc1ccccc1-c1nnc(-c2cccnc2)o1.Oc1ccccc1-c1nnc(-c2cccnc2)o1.Oc1ccccc1-c1nnc(-c2cccnc2)o1.Oc1ccccc1-c1nnc(-c2cccnc2)o1.[Ir].[Ir].[Ir].[Ir]. The third-order valence-electron chi connectivity index (χ3n) is 18.9. The Kier molecular flexibility index (Phi) is 41.5. The number of halogens is 12. The van der Waals surface area contributed by atoms with Crippen LogP contribution >= 0.6 is 0 Å². The minimum atomic E-state index is -4.52. The van der Waals surface area contributed by atoms with Crippen molar-refractivity contribution in [3.63, 3.8) is 0 Å². The molecule has 148 heavy (non-hydrogen) atoms. The Hall–Kier alpha value is -16.1. The molecule has 20 aromatic rings. The predicted octanol–water partition coefficient (Wildman–Crippen LogP) is 21.9. The molecule has 0 atom stereocenters. The monoisotopic (exact) mass is 2740 g/mol. The van der Waals surface area contributed by atoms with E-state index in [4.69, 9.17) is 17.7 Å². The van der Waals surface area contributed by atoms with E-state index in [1.165, 1.54) is 52.2 Å². The van der Waals surface area contributed by atoms with Crippen LogP contribution in [0.2, 0.25) is 0 Å². The van der Waals surface area contributed by atoms with Crippen LogP contribution < -0.4 is 0 Å². The Balaban J connectivity index is 0.000000187. The quantitative estimate of drug-likeness (QED) is 0.0652. The predicted molar refractivity (Wildman–Crippen MR) is 493 cm³/mol. The summed E-state index contributed by atoms with van der Waals surface area (Å²) in [7, 11) is 0. The van der Waals surface area contributed by atoms with Crippen LogP contribution in [0, 0.1) is 79.7 Å². The molecule has 16 aromatic heterocycles. The van der Waals surface area contributed by atoms with Crippen molar-refractivity contribution in [2.24, 2.45) is 0 Å². The van der Waals surface area contributed by atoms with Crippen molar-refractivity contribution in [3.05, 3.63) is 361 Å². The van der Waals surface area contributed by atoms with Gasteiger partial charge in [-0.1, -0.05) is 73.5 Å². The van der Waals surface area contributed by atoms with E-state index in [0.29, 0.717) is 80.0 Å². The van der Waals surface area contributed by atoms with Crippen LogP contribution in [-0.2, 0) is 105 Å². The number of rotatable bonds is 12. The standard InChI is InChI=1S/4C13H9N3O2.4C12H9F3N3.4Ir/c4*17-11-6-2-1-5-10(11)13-16-15-12(18-13)9-4-3-7-14-8-9;1-7-5-16-11(17-6-7)9-3-4-10(12(13,14)15)18-8(9)2;2*1-7-3-4-16-11(18-7)9-5-8(2)17-10(6-9)12(13,14)15;1-7-5-6-16-11(17-7)9-3-4-10(12(13,14)15)18-8(9)2;;;;/h4*1-8,17H;4-6H,1-2H3;2*3-5H,1-2H3;4-6H,1-2H3;;;;/q;;;;4*-1;;;;. The molecule has 0 saturated heterocycles. The zero-order chi connectivity index (χ0) is 103. The summed E-state index contributed by atoms with van der Waals surface area (Å²) in [5.74, 6) is 4.16. The molecule has 4 aromatic carbocycles. The van der Waals surface area contributed by atoms with Crippen LogP contribution in [0.3, 0.4) is 0 Å². The average Bonchev–Trinajstić information content (AvgIpc) is 1.81. The summed E-state index contributed by atoms with van der Waals surface area (Å²) in [5, 5.41) is 70.2. The number of nitrogens with zero attached hydrogens (tertiary/aromatic N) is 24. The van der Waals surface area contributed by atoms with E-state index in [9.17, 15) is 73.1 Å². The van der Waals surface area contributed by atoms with Gasteiger partial charge in [0.25, 0.3) is 23.6 Å². The molecular weight excluding hydrogens is 2660 g/mol. The third-order valence-corrected chi connectivity index (χ3v) is 18.9. The summed E-state index contributed by atoms with van der Waals surface area (Å²) in [6, 6.07) is 60.9. The summed E-state index contributed by atoms with van der Waals surface area (Å²) < 4.78 is 172. The Bertz CT molecular complexity index is 7110. The molecule has 0 aliphatic rings. The maximum atomic E-state index is 12.6. The summed E-state index contributed by atoms with van der Waals surface area (Å²) in [5.41, 5.74) is 6.00. The zero-order valence-electron chi connectivity index (χ0n) is 77.4. The van der Waals surface area contributed by atoms with Gasteiger partial charge < -0.3 is 58.0 Å². The van der Waals surface area contributed by atoms with Crippen molar-refractivity contribution in [3.8, 4) is 160 Å². The van der Waals surface area contributed by atoms with Gasteiger partial charge in [0, 0.05) is 190 Å². The van der Waals surface area contributed by atoms with Gasteiger partial charge in [-0.05, 0) is 185 Å². The van der Waals surface area contributed by atoms with Gasteiger partial charge in [0.15, 0.2) is 0 Å². The number of aromatic hydroxyl groups is 4. The normalized spacial score (nSPS) is 10.7. The molecular formula is C100H72F12Ir4N24O8-4. The number of aryl methyl sites for hydroxylation is 8. The molecule has 0 aliphatic heterocycles. The molecule has 0 unspecified atom stereocenters. The first kappa shape index (κ1) is 115. The van der Waals surface area contributed by atoms with E-state index >= 15 is 0 Å². The average molecular weight is 2730 g/mol. The van der Waals surface area contributed by atoms with Crippen molar-refractivity contribution in [1.29, 1.82) is 0 Å². The molecule has 16 heterocycles. The molecule has 0 fully saturated rings. The molecule has 4 N–H and O–H groups in total. The number of para-hydroxylation sites is 4. The number of benzene rings is 4. The third kappa shape index (κ3) is 32.5. The first-order valence-corrected chi connectivity index (χ1v) is 42.0. The molecule has 0 aliphatic carbocycles. The van der Waals surface area contributed by atoms with E-state index in [1.54, 1.807) is 228 Å². The number of phenolic OH excluding ortho intramolecular Hbond substituents is 4. The van der Waals surface area contributed by atoms with Crippen LogP contribution in [-0.4, -0.2) is 141 Å². The summed E-state index contributed by atoms with van der Waals surface area (Å²) in [4.78, 5) is 62.0. The molecule has 0 spiro atoms. The Labute approximate surface area is 886 Å². The number of hydrogen-bond donors (Lipinski definition) is 4. The molecule has 0 amide bonds. The number of alkyl halides is 12. The first-order valence-electron chi connectivity index (χ1n) is 42.0. The number of aromatic nitrogens is 24. The smallest absolute Gasteiger partial charge is 0.421 e. The molecule has 20 rings (SSSR count).